The summed E-state index contributed by atoms with van der Waals surface area (Å²) in [5.41, 5.74) is 14.9. The Bertz CT molecular complexity index is 1420. The Morgan fingerprint density at radius 1 is 0.903 bits per heavy atom. The molecule has 0 bridgehead atoms. The van der Waals surface area contributed by atoms with Crippen LogP contribution in [-0.4, -0.2) is 22.4 Å². The molecule has 1 fully saturated rings. The lowest BCUT2D eigenvalue weighted by molar-refractivity contribution is 0.253. The Labute approximate surface area is 182 Å². The predicted octanol–water partition coefficient (Wildman–Crippen LogP) is 3.81. The van der Waals surface area contributed by atoms with Crippen LogP contribution in [0.4, 0.5) is 0 Å². The zero-order valence-corrected chi connectivity index (χ0v) is 17.5. The van der Waals surface area contributed by atoms with E-state index in [4.69, 9.17) is 15.8 Å². The molecule has 0 spiro atoms. The summed E-state index contributed by atoms with van der Waals surface area (Å²) in [5, 5.41) is 5.87. The summed E-state index contributed by atoms with van der Waals surface area (Å²) in [7, 11) is 2.09. The van der Waals surface area contributed by atoms with E-state index in [1.54, 1.807) is 0 Å². The molecule has 0 aliphatic heterocycles. The highest BCUT2D eigenvalue weighted by Crippen LogP contribution is 2.40. The van der Waals surface area contributed by atoms with Gasteiger partial charge in [-0.3, -0.25) is 0 Å². The number of aromatic nitrogens is 3. The second kappa shape index (κ2) is 6.79. The monoisotopic (exact) mass is 402 g/mol. The highest BCUT2D eigenvalue weighted by Gasteiger charge is 2.34. The molecular weight excluding hydrogens is 379 g/mol. The standard InChI is InChI=1S/C26H23BN4/c27-20-11-12-21-23(15-20)30-31-16-22(17-5-2-1-3-6-17)24(29-25(21)31)18-7-9-19(10-8-18)26(28)13-4-14-26/h1-3,5-12,15-16H,4,13-14,27-28H2. The topological polar surface area (TPSA) is 56.2 Å². The molecule has 4 nitrogen and oxygen atoms in total. The highest BCUT2D eigenvalue weighted by molar-refractivity contribution is 6.33. The van der Waals surface area contributed by atoms with Crippen molar-refractivity contribution in [3.8, 4) is 22.4 Å². The number of hydrogen-bond donors (Lipinski definition) is 1. The van der Waals surface area contributed by atoms with Gasteiger partial charge < -0.3 is 5.73 Å². The fraction of sp³-hybridized carbons (Fsp3) is 0.154. The molecule has 1 saturated carbocycles. The van der Waals surface area contributed by atoms with E-state index in [2.05, 4.69) is 80.8 Å². The van der Waals surface area contributed by atoms with E-state index in [1.807, 2.05) is 10.6 Å². The van der Waals surface area contributed by atoms with E-state index in [1.165, 1.54) is 17.4 Å². The molecule has 6 rings (SSSR count). The minimum atomic E-state index is -0.155. The molecule has 31 heavy (non-hydrogen) atoms. The van der Waals surface area contributed by atoms with Crippen LogP contribution in [-0.2, 0) is 5.54 Å². The summed E-state index contributed by atoms with van der Waals surface area (Å²) >= 11 is 0. The zero-order valence-electron chi connectivity index (χ0n) is 17.5. The van der Waals surface area contributed by atoms with Crippen LogP contribution in [0.2, 0.25) is 0 Å². The Morgan fingerprint density at radius 2 is 1.68 bits per heavy atom. The van der Waals surface area contributed by atoms with Gasteiger partial charge >= 0.3 is 0 Å². The fourth-order valence-electron chi connectivity index (χ4n) is 4.61. The summed E-state index contributed by atoms with van der Waals surface area (Å²) in [6.45, 7) is 0. The molecule has 2 aromatic heterocycles. The van der Waals surface area contributed by atoms with Gasteiger partial charge in [-0.25, -0.2) is 9.50 Å². The first kappa shape index (κ1) is 18.3. The number of nitrogens with two attached hydrogens (primary N) is 1. The van der Waals surface area contributed by atoms with Crippen LogP contribution in [0.25, 0.3) is 38.9 Å². The number of nitrogens with zero attached hydrogens (tertiary/aromatic N) is 3. The van der Waals surface area contributed by atoms with E-state index in [0.717, 1.165) is 51.8 Å². The van der Waals surface area contributed by atoms with E-state index in [-0.39, 0.29) is 5.54 Å². The molecule has 3 aromatic carbocycles. The van der Waals surface area contributed by atoms with Crippen LogP contribution in [0.3, 0.4) is 0 Å². The second-order valence-electron chi connectivity index (χ2n) is 8.75. The van der Waals surface area contributed by atoms with Crippen molar-refractivity contribution in [2.24, 2.45) is 5.73 Å². The average Bonchev–Trinajstić information content (AvgIpc) is 3.13. The summed E-state index contributed by atoms with van der Waals surface area (Å²) in [4.78, 5) is 5.13. The Morgan fingerprint density at radius 3 is 2.39 bits per heavy atom. The van der Waals surface area contributed by atoms with Crippen molar-refractivity contribution >= 4 is 29.9 Å². The molecular formula is C26H23BN4. The van der Waals surface area contributed by atoms with Gasteiger partial charge in [0, 0.05) is 28.2 Å². The lowest BCUT2D eigenvalue weighted by atomic mass is 9.72. The summed E-state index contributed by atoms with van der Waals surface area (Å²) in [6.07, 6.45) is 5.44. The molecule has 1 aliphatic rings. The number of rotatable bonds is 3. The molecule has 5 aromatic rings. The third kappa shape index (κ3) is 2.96. The van der Waals surface area contributed by atoms with Gasteiger partial charge in [-0.05, 0) is 42.5 Å². The molecule has 0 saturated heterocycles. The van der Waals surface area contributed by atoms with Crippen molar-refractivity contribution in [2.45, 2.75) is 24.8 Å². The van der Waals surface area contributed by atoms with Crippen LogP contribution in [0, 0.1) is 0 Å². The van der Waals surface area contributed by atoms with Gasteiger partial charge in [-0.1, -0.05) is 66.1 Å². The summed E-state index contributed by atoms with van der Waals surface area (Å²) in [5.74, 6) is 0. The minimum Gasteiger partial charge on any atom is -0.321 e. The maximum atomic E-state index is 6.54. The molecule has 0 amide bonds. The van der Waals surface area contributed by atoms with E-state index < -0.39 is 0 Å². The summed E-state index contributed by atoms with van der Waals surface area (Å²) in [6, 6.07) is 25.4. The minimum absolute atomic E-state index is 0.155. The number of benzene rings is 3. The van der Waals surface area contributed by atoms with Crippen molar-refractivity contribution in [1.82, 2.24) is 14.6 Å². The van der Waals surface area contributed by atoms with Gasteiger partial charge in [0.2, 0.25) is 0 Å². The first-order chi connectivity index (χ1) is 15.1. The first-order valence-electron chi connectivity index (χ1n) is 10.9. The van der Waals surface area contributed by atoms with Crippen molar-refractivity contribution in [2.75, 3.05) is 0 Å². The lowest BCUT2D eigenvalue weighted by Gasteiger charge is -2.38. The number of hydrogen-bond acceptors (Lipinski definition) is 3. The van der Waals surface area contributed by atoms with Crippen molar-refractivity contribution in [3.63, 3.8) is 0 Å². The lowest BCUT2D eigenvalue weighted by Crippen LogP contribution is -2.43. The second-order valence-corrected chi connectivity index (χ2v) is 8.75. The van der Waals surface area contributed by atoms with Gasteiger partial charge in [0.15, 0.2) is 5.65 Å². The quantitative estimate of drug-likeness (QED) is 0.467. The Kier molecular flexibility index (Phi) is 4.02. The van der Waals surface area contributed by atoms with Crippen molar-refractivity contribution in [3.05, 3.63) is 84.6 Å². The third-order valence-corrected chi connectivity index (χ3v) is 6.61. The van der Waals surface area contributed by atoms with Crippen LogP contribution >= 0.6 is 0 Å². The van der Waals surface area contributed by atoms with E-state index in [0.29, 0.717) is 0 Å². The van der Waals surface area contributed by atoms with Gasteiger partial charge in [-0.15, -0.1) is 0 Å². The molecule has 0 unspecified atom stereocenters. The van der Waals surface area contributed by atoms with E-state index >= 15 is 0 Å². The van der Waals surface area contributed by atoms with Crippen LogP contribution in [0.1, 0.15) is 24.8 Å². The molecule has 0 radical (unpaired) electrons. The normalized spacial score (nSPS) is 15.3. The summed E-state index contributed by atoms with van der Waals surface area (Å²) < 4.78 is 1.91. The van der Waals surface area contributed by atoms with Gasteiger partial charge in [0.05, 0.1) is 11.2 Å². The fourth-order valence-corrected chi connectivity index (χ4v) is 4.61. The van der Waals surface area contributed by atoms with Crippen molar-refractivity contribution in [1.29, 1.82) is 0 Å². The molecule has 2 N–H and O–H groups in total. The largest absolute Gasteiger partial charge is 0.321 e. The van der Waals surface area contributed by atoms with Crippen LogP contribution in [0.15, 0.2) is 79.0 Å². The first-order valence-corrected chi connectivity index (χ1v) is 10.9. The third-order valence-electron chi connectivity index (χ3n) is 6.61. The average molecular weight is 402 g/mol. The van der Waals surface area contributed by atoms with Crippen molar-refractivity contribution < 1.29 is 0 Å². The maximum absolute atomic E-state index is 6.54. The van der Waals surface area contributed by atoms with Gasteiger partial charge in [0.1, 0.15) is 7.85 Å². The Balaban J connectivity index is 1.58. The molecule has 5 heteroatoms. The van der Waals surface area contributed by atoms with Crippen LogP contribution < -0.4 is 11.2 Å². The van der Waals surface area contributed by atoms with Gasteiger partial charge in [-0.2, -0.15) is 5.10 Å². The predicted molar refractivity (Wildman–Crippen MR) is 129 cm³/mol. The van der Waals surface area contributed by atoms with Crippen LogP contribution in [0.5, 0.6) is 0 Å². The smallest absolute Gasteiger partial charge is 0.163 e. The van der Waals surface area contributed by atoms with Gasteiger partial charge in [0.25, 0.3) is 0 Å². The zero-order chi connectivity index (χ0) is 21.0. The maximum Gasteiger partial charge on any atom is 0.163 e. The Hall–Kier alpha value is -3.44. The molecule has 150 valence electrons. The molecule has 0 atom stereocenters. The molecule has 1 aliphatic carbocycles. The highest BCUT2D eigenvalue weighted by atomic mass is 15.2. The SMILES string of the molecule is Bc1ccc2c(c1)nn1cc(-c3ccccc3)c(-c3ccc(C4(N)CCC4)cc3)nc21. The molecule has 2 heterocycles. The number of fused-ring (bicyclic) bond motifs is 3. The van der Waals surface area contributed by atoms with E-state index in [9.17, 15) is 0 Å².